The first-order valence-corrected chi connectivity index (χ1v) is 9.42. The van der Waals surface area contributed by atoms with Crippen molar-refractivity contribution < 1.29 is 14.7 Å². The van der Waals surface area contributed by atoms with E-state index in [1.165, 1.54) is 19.3 Å². The number of aliphatic hydroxyl groups is 1. The molecule has 24 heavy (non-hydrogen) atoms. The van der Waals surface area contributed by atoms with Gasteiger partial charge in [-0.05, 0) is 32.6 Å². The summed E-state index contributed by atoms with van der Waals surface area (Å²) >= 11 is 0. The van der Waals surface area contributed by atoms with Crippen LogP contribution in [0.3, 0.4) is 0 Å². The van der Waals surface area contributed by atoms with E-state index in [0.29, 0.717) is 19.1 Å². The maximum Gasteiger partial charge on any atom is 0.234 e. The monoisotopic (exact) mass is 339 g/mol. The van der Waals surface area contributed by atoms with Crippen LogP contribution in [0.15, 0.2) is 0 Å². The van der Waals surface area contributed by atoms with Crippen LogP contribution in [0.25, 0.3) is 0 Å². The summed E-state index contributed by atoms with van der Waals surface area (Å²) < 4.78 is 0. The van der Waals surface area contributed by atoms with Crippen LogP contribution in [0.5, 0.6) is 0 Å². The van der Waals surface area contributed by atoms with Crippen LogP contribution in [0.2, 0.25) is 0 Å². The maximum atomic E-state index is 12.4. The Morgan fingerprint density at radius 2 is 1.79 bits per heavy atom. The van der Waals surface area contributed by atoms with Crippen molar-refractivity contribution in [3.63, 3.8) is 0 Å². The van der Waals surface area contributed by atoms with Crippen LogP contribution in [0.1, 0.15) is 58.8 Å². The lowest BCUT2D eigenvalue weighted by molar-refractivity contribution is -0.130. The SMILES string of the molecule is CC(=O)N1CCC(NC(=O)CN(C[C@@H](C)O)C2CCCCC2)CC1. The molecule has 2 aliphatic rings. The number of aliphatic hydroxyl groups excluding tert-OH is 1. The van der Waals surface area contributed by atoms with Gasteiger partial charge in [0.25, 0.3) is 0 Å². The van der Waals surface area contributed by atoms with Gasteiger partial charge in [-0.3, -0.25) is 14.5 Å². The van der Waals surface area contributed by atoms with Crippen molar-refractivity contribution in [2.24, 2.45) is 0 Å². The van der Waals surface area contributed by atoms with Gasteiger partial charge in [-0.15, -0.1) is 0 Å². The van der Waals surface area contributed by atoms with Crippen LogP contribution >= 0.6 is 0 Å². The van der Waals surface area contributed by atoms with Gasteiger partial charge >= 0.3 is 0 Å². The molecule has 1 aliphatic carbocycles. The fraction of sp³-hybridized carbons (Fsp3) is 0.889. The Morgan fingerprint density at radius 3 is 2.33 bits per heavy atom. The molecule has 6 heteroatoms. The Balaban J connectivity index is 1.80. The molecule has 0 aromatic heterocycles. The average Bonchev–Trinajstić information content (AvgIpc) is 2.55. The third-order valence-corrected chi connectivity index (χ3v) is 5.24. The number of nitrogens with zero attached hydrogens (tertiary/aromatic N) is 2. The minimum atomic E-state index is -0.418. The van der Waals surface area contributed by atoms with Crippen LogP contribution in [-0.2, 0) is 9.59 Å². The van der Waals surface area contributed by atoms with Crippen molar-refractivity contribution in [1.82, 2.24) is 15.1 Å². The highest BCUT2D eigenvalue weighted by Crippen LogP contribution is 2.22. The molecule has 2 rings (SSSR count). The third-order valence-electron chi connectivity index (χ3n) is 5.24. The predicted molar refractivity (Wildman–Crippen MR) is 93.5 cm³/mol. The highest BCUT2D eigenvalue weighted by atomic mass is 16.3. The Kier molecular flexibility index (Phi) is 7.49. The third kappa shape index (κ3) is 6.06. The number of likely N-dealkylation sites (tertiary alicyclic amines) is 1. The fourth-order valence-electron chi connectivity index (χ4n) is 3.92. The number of rotatable bonds is 6. The first-order chi connectivity index (χ1) is 11.5. The zero-order valence-corrected chi connectivity index (χ0v) is 15.2. The van der Waals surface area contributed by atoms with Crippen LogP contribution in [0, 0.1) is 0 Å². The number of piperidine rings is 1. The second-order valence-electron chi connectivity index (χ2n) is 7.42. The van der Waals surface area contributed by atoms with Crippen molar-refractivity contribution in [3.05, 3.63) is 0 Å². The highest BCUT2D eigenvalue weighted by molar-refractivity contribution is 5.78. The van der Waals surface area contributed by atoms with Gasteiger partial charge in [-0.25, -0.2) is 0 Å². The molecule has 1 saturated heterocycles. The molecule has 0 aromatic rings. The first kappa shape index (κ1) is 19.2. The Hall–Kier alpha value is -1.14. The van der Waals surface area contributed by atoms with E-state index >= 15 is 0 Å². The average molecular weight is 339 g/mol. The lowest BCUT2D eigenvalue weighted by Crippen LogP contribution is -2.51. The van der Waals surface area contributed by atoms with E-state index in [2.05, 4.69) is 10.2 Å². The maximum absolute atomic E-state index is 12.4. The van der Waals surface area contributed by atoms with Crippen molar-refractivity contribution in [2.75, 3.05) is 26.2 Å². The lowest BCUT2D eigenvalue weighted by Gasteiger charge is -2.36. The molecule has 1 atom stereocenters. The molecule has 6 nitrogen and oxygen atoms in total. The molecule has 2 fully saturated rings. The highest BCUT2D eigenvalue weighted by Gasteiger charge is 2.26. The largest absolute Gasteiger partial charge is 0.392 e. The number of carbonyl (C=O) groups excluding carboxylic acids is 2. The zero-order chi connectivity index (χ0) is 17.5. The van der Waals surface area contributed by atoms with Crippen LogP contribution < -0.4 is 5.32 Å². The van der Waals surface area contributed by atoms with Crippen molar-refractivity contribution in [2.45, 2.75) is 77.0 Å². The quantitative estimate of drug-likeness (QED) is 0.761. The van der Waals surface area contributed by atoms with E-state index in [1.807, 2.05) is 4.90 Å². The molecular formula is C18H33N3O3. The van der Waals surface area contributed by atoms with E-state index < -0.39 is 6.10 Å². The van der Waals surface area contributed by atoms with Gasteiger partial charge in [0.05, 0.1) is 12.6 Å². The summed E-state index contributed by atoms with van der Waals surface area (Å²) in [5.41, 5.74) is 0. The van der Waals surface area contributed by atoms with Gasteiger partial charge in [0.1, 0.15) is 0 Å². The molecular weight excluding hydrogens is 306 g/mol. The van der Waals surface area contributed by atoms with Gasteiger partial charge < -0.3 is 15.3 Å². The molecule has 0 spiro atoms. The van der Waals surface area contributed by atoms with E-state index in [9.17, 15) is 14.7 Å². The predicted octanol–water partition coefficient (Wildman–Crippen LogP) is 1.13. The van der Waals surface area contributed by atoms with Gasteiger partial charge in [-0.2, -0.15) is 0 Å². The number of carbonyl (C=O) groups is 2. The summed E-state index contributed by atoms with van der Waals surface area (Å²) in [5.74, 6) is 0.155. The lowest BCUT2D eigenvalue weighted by atomic mass is 9.94. The normalized spacial score (nSPS) is 21.8. The standard InChI is InChI=1S/C18H33N3O3/c1-14(22)12-21(17-6-4-3-5-7-17)13-18(24)19-16-8-10-20(11-9-16)15(2)23/h14,16-17,22H,3-13H2,1-2H3,(H,19,24)/t14-/m1/s1. The summed E-state index contributed by atoms with van der Waals surface area (Å²) in [6.45, 7) is 5.74. The number of hydrogen-bond acceptors (Lipinski definition) is 4. The smallest absolute Gasteiger partial charge is 0.234 e. The molecule has 0 unspecified atom stereocenters. The van der Waals surface area contributed by atoms with Crippen molar-refractivity contribution in [1.29, 1.82) is 0 Å². The first-order valence-electron chi connectivity index (χ1n) is 9.42. The Labute approximate surface area is 145 Å². The van der Waals surface area contributed by atoms with Gasteiger partial charge in [-0.1, -0.05) is 19.3 Å². The van der Waals surface area contributed by atoms with Crippen molar-refractivity contribution >= 4 is 11.8 Å². The minimum Gasteiger partial charge on any atom is -0.392 e. The number of hydrogen-bond donors (Lipinski definition) is 2. The number of nitrogens with one attached hydrogen (secondary N) is 1. The molecule has 0 radical (unpaired) electrons. The summed E-state index contributed by atoms with van der Waals surface area (Å²) in [4.78, 5) is 27.8. The van der Waals surface area contributed by atoms with E-state index in [4.69, 9.17) is 0 Å². The number of amides is 2. The van der Waals surface area contributed by atoms with E-state index in [0.717, 1.165) is 38.8 Å². The molecule has 0 bridgehead atoms. The molecule has 1 heterocycles. The molecule has 0 aromatic carbocycles. The summed E-state index contributed by atoms with van der Waals surface area (Å²) in [7, 11) is 0. The van der Waals surface area contributed by atoms with E-state index in [1.54, 1.807) is 13.8 Å². The molecule has 1 saturated carbocycles. The zero-order valence-electron chi connectivity index (χ0n) is 15.2. The van der Waals surface area contributed by atoms with E-state index in [-0.39, 0.29) is 17.9 Å². The summed E-state index contributed by atoms with van der Waals surface area (Å²) in [5, 5.41) is 12.9. The molecule has 2 amide bonds. The van der Waals surface area contributed by atoms with Crippen LogP contribution in [-0.4, -0.2) is 71.1 Å². The fourth-order valence-corrected chi connectivity index (χ4v) is 3.92. The minimum absolute atomic E-state index is 0.0440. The van der Waals surface area contributed by atoms with Crippen LogP contribution in [0.4, 0.5) is 0 Å². The summed E-state index contributed by atoms with van der Waals surface area (Å²) in [6.07, 6.45) is 7.18. The van der Waals surface area contributed by atoms with Crippen molar-refractivity contribution in [3.8, 4) is 0 Å². The molecule has 138 valence electrons. The topological polar surface area (TPSA) is 72.9 Å². The summed E-state index contributed by atoms with van der Waals surface area (Å²) in [6, 6.07) is 0.575. The van der Waals surface area contributed by atoms with Gasteiger partial charge in [0.15, 0.2) is 0 Å². The second kappa shape index (κ2) is 9.37. The Bertz CT molecular complexity index is 414. The Morgan fingerprint density at radius 1 is 1.17 bits per heavy atom. The molecule has 2 N–H and O–H groups in total. The second-order valence-corrected chi connectivity index (χ2v) is 7.42. The van der Waals surface area contributed by atoms with Gasteiger partial charge in [0.2, 0.25) is 11.8 Å². The molecule has 1 aliphatic heterocycles. The van der Waals surface area contributed by atoms with Gasteiger partial charge in [0, 0.05) is 38.6 Å².